The molecule has 0 unspecified atom stereocenters. The third kappa shape index (κ3) is 8.43. The van der Waals surface area contributed by atoms with Gasteiger partial charge >= 0.3 is 32.3 Å². The van der Waals surface area contributed by atoms with E-state index in [9.17, 15) is 57.3 Å². The van der Waals surface area contributed by atoms with Crippen LogP contribution in [0.5, 0.6) is 0 Å². The Hall–Kier alpha value is -2.25. The minimum absolute atomic E-state index is 0.155. The molecule has 0 aromatic heterocycles. The monoisotopic (exact) mass is 548 g/mol. The lowest BCUT2D eigenvalue weighted by Crippen LogP contribution is -2.12. The first-order chi connectivity index (χ1) is 15.6. The fourth-order valence-corrected chi connectivity index (χ4v) is 3.47. The van der Waals surface area contributed by atoms with Gasteiger partial charge in [-0.1, -0.05) is 0 Å². The summed E-state index contributed by atoms with van der Waals surface area (Å²) >= 11 is 0. The van der Waals surface area contributed by atoms with E-state index in [0.29, 0.717) is 6.66 Å². The summed E-state index contributed by atoms with van der Waals surface area (Å²) in [5.74, 6) is 0. The Balaban J connectivity index is 2.23. The van der Waals surface area contributed by atoms with E-state index < -0.39 is 78.9 Å². The summed E-state index contributed by atoms with van der Waals surface area (Å²) in [5, 5.41) is 0. The van der Waals surface area contributed by atoms with Crippen molar-refractivity contribution in [3.05, 3.63) is 69.8 Å². The van der Waals surface area contributed by atoms with E-state index in [1.54, 1.807) is 0 Å². The molecule has 0 saturated heterocycles. The zero-order valence-corrected chi connectivity index (χ0v) is 18.0. The summed E-state index contributed by atoms with van der Waals surface area (Å²) in [6.07, 6.45) is -20.7. The van der Waals surface area contributed by atoms with E-state index in [1.807, 2.05) is 0 Å². The molecular formula is C19H13F12O3P. The number of benzene rings is 2. The number of rotatable bonds is 6. The van der Waals surface area contributed by atoms with Crippen LogP contribution in [0.15, 0.2) is 36.4 Å². The number of hydrogen-bond acceptors (Lipinski definition) is 3. The first-order valence-electron chi connectivity index (χ1n) is 9.01. The highest BCUT2D eigenvalue weighted by Gasteiger charge is 2.38. The minimum atomic E-state index is -5.16. The molecule has 16 heteroatoms. The largest absolute Gasteiger partial charge is 0.416 e. The van der Waals surface area contributed by atoms with Crippen molar-refractivity contribution in [3.63, 3.8) is 0 Å². The van der Waals surface area contributed by atoms with Gasteiger partial charge in [0.15, 0.2) is 0 Å². The molecule has 0 N–H and O–H groups in total. The third-order valence-electron chi connectivity index (χ3n) is 4.23. The molecule has 3 nitrogen and oxygen atoms in total. The maximum Gasteiger partial charge on any atom is 0.416 e. The molecule has 0 radical (unpaired) electrons. The Labute approximate surface area is 189 Å². The lowest BCUT2D eigenvalue weighted by molar-refractivity contribution is -0.144. The van der Waals surface area contributed by atoms with Crippen LogP contribution in [-0.2, 0) is 51.5 Å². The maximum atomic E-state index is 12.9. The second kappa shape index (κ2) is 9.66. The fraction of sp³-hybridized carbons (Fsp3) is 0.368. The summed E-state index contributed by atoms with van der Waals surface area (Å²) in [5.41, 5.74) is -8.14. The topological polar surface area (TPSA) is 35.5 Å². The van der Waals surface area contributed by atoms with Gasteiger partial charge in [-0.2, -0.15) is 52.7 Å². The van der Waals surface area contributed by atoms with E-state index in [4.69, 9.17) is 9.05 Å². The van der Waals surface area contributed by atoms with Gasteiger partial charge in [0.05, 0.1) is 35.5 Å². The number of alkyl halides is 12. The van der Waals surface area contributed by atoms with Crippen molar-refractivity contribution in [3.8, 4) is 0 Å². The van der Waals surface area contributed by atoms with Crippen molar-refractivity contribution in [2.45, 2.75) is 37.9 Å². The molecule has 0 bridgehead atoms. The molecule has 2 rings (SSSR count). The summed E-state index contributed by atoms with van der Waals surface area (Å²) in [4.78, 5) is 0. The third-order valence-corrected chi connectivity index (χ3v) is 5.42. The quantitative estimate of drug-likeness (QED) is 0.269. The smallest absolute Gasteiger partial charge is 0.304 e. The molecule has 0 aliphatic rings. The number of halogens is 12. The van der Waals surface area contributed by atoms with Gasteiger partial charge in [0.1, 0.15) is 0 Å². The van der Waals surface area contributed by atoms with Gasteiger partial charge in [-0.25, -0.2) is 0 Å². The van der Waals surface area contributed by atoms with E-state index in [1.165, 1.54) is 0 Å². The highest BCUT2D eigenvalue weighted by Crippen LogP contribution is 2.47. The molecule has 2 aromatic rings. The molecule has 0 fully saturated rings. The highest BCUT2D eigenvalue weighted by atomic mass is 31.2. The molecule has 0 spiro atoms. The summed E-state index contributed by atoms with van der Waals surface area (Å²) in [6.45, 7) is -1.52. The van der Waals surface area contributed by atoms with Crippen molar-refractivity contribution in [1.29, 1.82) is 0 Å². The Morgan fingerprint density at radius 3 is 0.971 bits per heavy atom. The molecule has 0 aliphatic heterocycles. The van der Waals surface area contributed by atoms with Crippen LogP contribution in [0, 0.1) is 0 Å². The molecule has 0 saturated carbocycles. The van der Waals surface area contributed by atoms with Crippen molar-refractivity contribution in [1.82, 2.24) is 0 Å². The zero-order valence-electron chi connectivity index (χ0n) is 17.1. The van der Waals surface area contributed by atoms with E-state index in [0.717, 1.165) is 0 Å². The highest BCUT2D eigenvalue weighted by molar-refractivity contribution is 7.52. The average molecular weight is 548 g/mol. The average Bonchev–Trinajstić information content (AvgIpc) is 2.68. The summed E-state index contributed by atoms with van der Waals surface area (Å²) in [7, 11) is -4.37. The van der Waals surface area contributed by atoms with Crippen LogP contribution in [-0.4, -0.2) is 6.66 Å². The van der Waals surface area contributed by atoms with Crippen molar-refractivity contribution < 1.29 is 66.3 Å². The summed E-state index contributed by atoms with van der Waals surface area (Å²) < 4.78 is 177. The standard InChI is InChI=1S/C19H13F12O3P/c1-35(32,33-8-10-2-12(16(20,21)22)6-13(3-10)17(23,24)25)34-9-11-4-14(18(26,27)28)7-15(5-11)19(29,30)31/h2-7H,8-9H2,1H3. The molecule has 0 atom stereocenters. The van der Waals surface area contributed by atoms with Crippen LogP contribution < -0.4 is 0 Å². The molecular weight excluding hydrogens is 535 g/mol. The van der Waals surface area contributed by atoms with Gasteiger partial charge in [-0.05, 0) is 47.5 Å². The van der Waals surface area contributed by atoms with E-state index >= 15 is 0 Å². The zero-order chi connectivity index (χ0) is 27.0. The van der Waals surface area contributed by atoms with Crippen molar-refractivity contribution in [2.24, 2.45) is 0 Å². The fourth-order valence-electron chi connectivity index (χ4n) is 2.63. The molecule has 35 heavy (non-hydrogen) atoms. The van der Waals surface area contributed by atoms with Crippen LogP contribution in [0.25, 0.3) is 0 Å². The van der Waals surface area contributed by atoms with Crippen LogP contribution >= 0.6 is 7.60 Å². The van der Waals surface area contributed by atoms with Crippen LogP contribution in [0.1, 0.15) is 33.4 Å². The molecule has 2 aromatic carbocycles. The second-order valence-corrected chi connectivity index (χ2v) is 9.21. The summed E-state index contributed by atoms with van der Waals surface area (Å²) in [6, 6.07) is 0.847. The molecule has 0 aliphatic carbocycles. The van der Waals surface area contributed by atoms with E-state index in [-0.39, 0.29) is 36.4 Å². The molecule has 0 amide bonds. The van der Waals surface area contributed by atoms with E-state index in [2.05, 4.69) is 0 Å². The Bertz CT molecular complexity index is 952. The van der Waals surface area contributed by atoms with Crippen molar-refractivity contribution >= 4 is 7.60 Å². The van der Waals surface area contributed by atoms with Crippen molar-refractivity contribution in [2.75, 3.05) is 6.66 Å². The predicted molar refractivity (Wildman–Crippen MR) is 96.0 cm³/mol. The normalized spacial score (nSPS) is 13.9. The molecule has 0 heterocycles. The van der Waals surface area contributed by atoms with Gasteiger partial charge in [-0.15, -0.1) is 0 Å². The second-order valence-electron chi connectivity index (χ2n) is 7.15. The van der Waals surface area contributed by atoms with Gasteiger partial charge in [0.2, 0.25) is 0 Å². The van der Waals surface area contributed by atoms with Crippen LogP contribution in [0.4, 0.5) is 52.7 Å². The maximum absolute atomic E-state index is 12.9. The van der Waals surface area contributed by atoms with Crippen LogP contribution in [0.2, 0.25) is 0 Å². The Morgan fingerprint density at radius 1 is 0.543 bits per heavy atom. The first kappa shape index (κ1) is 29.0. The number of hydrogen-bond donors (Lipinski definition) is 0. The first-order valence-corrected chi connectivity index (χ1v) is 11.0. The van der Waals surface area contributed by atoms with Gasteiger partial charge in [0.25, 0.3) is 0 Å². The van der Waals surface area contributed by atoms with Gasteiger partial charge in [-0.3, -0.25) is 4.57 Å². The Kier molecular flexibility index (Phi) is 8.00. The Morgan fingerprint density at radius 2 is 0.771 bits per heavy atom. The lowest BCUT2D eigenvalue weighted by atomic mass is 10.1. The predicted octanol–water partition coefficient (Wildman–Crippen LogP) is 8.32. The lowest BCUT2D eigenvalue weighted by Gasteiger charge is -2.18. The van der Waals surface area contributed by atoms with Gasteiger partial charge in [0, 0.05) is 6.66 Å². The minimum Gasteiger partial charge on any atom is -0.304 e. The SMILES string of the molecule is CP(=O)(OCc1cc(C(F)(F)F)cc(C(F)(F)F)c1)OCc1cc(C(F)(F)F)cc(C(F)(F)F)c1. The molecule has 196 valence electrons. The van der Waals surface area contributed by atoms with Crippen LogP contribution in [0.3, 0.4) is 0 Å². The van der Waals surface area contributed by atoms with Gasteiger partial charge < -0.3 is 9.05 Å².